The maximum absolute atomic E-state index is 12.4. The number of benzene rings is 1. The lowest BCUT2D eigenvalue weighted by Gasteiger charge is -2.35. The Labute approximate surface area is 142 Å². The van der Waals surface area contributed by atoms with Gasteiger partial charge in [-0.15, -0.1) is 0 Å². The standard InChI is InChI=1S/C18H26N2O4/c1-3-18(4-2,14-8-6-5-7-9-14)13-19-17(23)20-10-11-24-15(12-20)16(21)22/h5-9,15H,3-4,10-13H2,1-2H3,(H,19,23)(H,21,22). The molecular formula is C18H26N2O4. The van der Waals surface area contributed by atoms with Gasteiger partial charge in [-0.2, -0.15) is 0 Å². The Morgan fingerprint density at radius 3 is 2.54 bits per heavy atom. The van der Waals surface area contributed by atoms with Crippen LogP contribution in [0.5, 0.6) is 0 Å². The van der Waals surface area contributed by atoms with Crippen LogP contribution >= 0.6 is 0 Å². The van der Waals surface area contributed by atoms with Gasteiger partial charge in [0.1, 0.15) is 0 Å². The number of amides is 2. The molecule has 1 aromatic rings. The second-order valence-corrected chi connectivity index (χ2v) is 6.16. The molecule has 6 heteroatoms. The first-order valence-corrected chi connectivity index (χ1v) is 8.45. The molecule has 1 aliphatic rings. The van der Waals surface area contributed by atoms with Gasteiger partial charge in [-0.1, -0.05) is 44.2 Å². The van der Waals surface area contributed by atoms with Crippen LogP contribution in [-0.4, -0.2) is 54.4 Å². The number of hydrogen-bond acceptors (Lipinski definition) is 3. The number of nitrogens with one attached hydrogen (secondary N) is 1. The minimum absolute atomic E-state index is 0.0811. The third kappa shape index (κ3) is 4.06. The van der Waals surface area contributed by atoms with Crippen LogP contribution in [0.1, 0.15) is 32.3 Å². The van der Waals surface area contributed by atoms with Crippen molar-refractivity contribution in [3.8, 4) is 0 Å². The van der Waals surface area contributed by atoms with Gasteiger partial charge in [0.15, 0.2) is 6.10 Å². The van der Waals surface area contributed by atoms with Crippen LogP contribution in [0, 0.1) is 0 Å². The molecule has 1 fully saturated rings. The predicted molar refractivity (Wildman–Crippen MR) is 91.0 cm³/mol. The molecule has 1 atom stereocenters. The number of hydrogen-bond donors (Lipinski definition) is 2. The molecule has 2 rings (SSSR count). The van der Waals surface area contributed by atoms with E-state index in [1.807, 2.05) is 18.2 Å². The van der Waals surface area contributed by atoms with Crippen LogP contribution in [0.15, 0.2) is 30.3 Å². The third-order valence-electron chi connectivity index (χ3n) is 4.95. The number of carboxylic acids is 1. The normalized spacial score (nSPS) is 18.2. The number of rotatable bonds is 6. The molecule has 0 bridgehead atoms. The molecule has 1 heterocycles. The van der Waals surface area contributed by atoms with Gasteiger partial charge in [-0.3, -0.25) is 0 Å². The van der Waals surface area contributed by atoms with Crippen LogP contribution in [-0.2, 0) is 14.9 Å². The van der Waals surface area contributed by atoms with Gasteiger partial charge in [0.25, 0.3) is 0 Å². The van der Waals surface area contributed by atoms with Crippen LogP contribution in [0.25, 0.3) is 0 Å². The van der Waals surface area contributed by atoms with E-state index in [9.17, 15) is 9.59 Å². The van der Waals surface area contributed by atoms with Crippen molar-refractivity contribution in [2.24, 2.45) is 0 Å². The Bertz CT molecular complexity index is 557. The Hall–Kier alpha value is -2.08. The number of morpholine rings is 1. The number of carbonyl (C=O) groups excluding carboxylic acids is 1. The summed E-state index contributed by atoms with van der Waals surface area (Å²) in [6.45, 7) is 5.51. The van der Waals surface area contributed by atoms with Gasteiger partial charge in [0.05, 0.1) is 13.2 Å². The van der Waals surface area contributed by atoms with Gasteiger partial charge < -0.3 is 20.1 Å². The average molecular weight is 334 g/mol. The van der Waals surface area contributed by atoms with Crippen molar-refractivity contribution in [2.75, 3.05) is 26.2 Å². The summed E-state index contributed by atoms with van der Waals surface area (Å²) < 4.78 is 5.16. The van der Waals surface area contributed by atoms with E-state index in [1.165, 1.54) is 10.5 Å². The molecule has 1 aromatic carbocycles. The monoisotopic (exact) mass is 334 g/mol. The minimum Gasteiger partial charge on any atom is -0.479 e. The van der Waals surface area contributed by atoms with Gasteiger partial charge in [-0.05, 0) is 18.4 Å². The van der Waals surface area contributed by atoms with Gasteiger partial charge in [-0.25, -0.2) is 9.59 Å². The lowest BCUT2D eigenvalue weighted by molar-refractivity contribution is -0.154. The van der Waals surface area contributed by atoms with Crippen molar-refractivity contribution >= 4 is 12.0 Å². The zero-order valence-corrected chi connectivity index (χ0v) is 14.3. The summed E-state index contributed by atoms with van der Waals surface area (Å²) in [4.78, 5) is 25.0. The second kappa shape index (κ2) is 8.15. The first-order chi connectivity index (χ1) is 11.5. The molecule has 6 nitrogen and oxygen atoms in total. The summed E-state index contributed by atoms with van der Waals surface area (Å²) >= 11 is 0. The largest absolute Gasteiger partial charge is 0.479 e. The lowest BCUT2D eigenvalue weighted by Crippen LogP contribution is -2.53. The van der Waals surface area contributed by atoms with Crippen LogP contribution in [0.2, 0.25) is 0 Å². The highest BCUT2D eigenvalue weighted by atomic mass is 16.5. The third-order valence-corrected chi connectivity index (χ3v) is 4.95. The molecule has 2 amide bonds. The fraction of sp³-hybridized carbons (Fsp3) is 0.556. The van der Waals surface area contributed by atoms with E-state index < -0.39 is 12.1 Å². The molecule has 1 saturated heterocycles. The summed E-state index contributed by atoms with van der Waals surface area (Å²) in [5, 5.41) is 12.0. The Morgan fingerprint density at radius 1 is 1.29 bits per heavy atom. The van der Waals surface area contributed by atoms with Crippen LogP contribution in [0.4, 0.5) is 4.79 Å². The maximum Gasteiger partial charge on any atom is 0.334 e. The van der Waals surface area contributed by atoms with Crippen molar-refractivity contribution < 1.29 is 19.4 Å². The van der Waals surface area contributed by atoms with E-state index in [1.54, 1.807) is 0 Å². The molecular weight excluding hydrogens is 308 g/mol. The van der Waals surface area contributed by atoms with Crippen molar-refractivity contribution in [3.63, 3.8) is 0 Å². The number of aliphatic carboxylic acids is 1. The van der Waals surface area contributed by atoms with Crippen molar-refractivity contribution in [1.29, 1.82) is 0 Å². The molecule has 2 N–H and O–H groups in total. The predicted octanol–water partition coefficient (Wildman–Crippen LogP) is 2.24. The molecule has 1 aliphatic heterocycles. The molecule has 0 aromatic heterocycles. The fourth-order valence-corrected chi connectivity index (χ4v) is 3.14. The molecule has 0 spiro atoms. The summed E-state index contributed by atoms with van der Waals surface area (Å²) in [6, 6.07) is 9.96. The zero-order valence-electron chi connectivity index (χ0n) is 14.3. The summed E-state index contributed by atoms with van der Waals surface area (Å²) in [6.07, 6.45) is 0.879. The van der Waals surface area contributed by atoms with E-state index in [4.69, 9.17) is 9.84 Å². The maximum atomic E-state index is 12.4. The second-order valence-electron chi connectivity index (χ2n) is 6.16. The van der Waals surface area contributed by atoms with Crippen LogP contribution < -0.4 is 5.32 Å². The molecule has 0 saturated carbocycles. The van der Waals surface area contributed by atoms with E-state index in [0.29, 0.717) is 13.1 Å². The molecule has 0 radical (unpaired) electrons. The topological polar surface area (TPSA) is 78.9 Å². The highest BCUT2D eigenvalue weighted by Gasteiger charge is 2.32. The smallest absolute Gasteiger partial charge is 0.334 e. The van der Waals surface area contributed by atoms with Gasteiger partial charge in [0.2, 0.25) is 0 Å². The number of carboxylic acid groups (broad SMARTS) is 1. The van der Waals surface area contributed by atoms with Crippen molar-refractivity contribution in [1.82, 2.24) is 10.2 Å². The average Bonchev–Trinajstić information content (AvgIpc) is 2.63. The van der Waals surface area contributed by atoms with E-state index >= 15 is 0 Å². The summed E-state index contributed by atoms with van der Waals surface area (Å²) in [7, 11) is 0. The highest BCUT2D eigenvalue weighted by Crippen LogP contribution is 2.30. The molecule has 132 valence electrons. The Balaban J connectivity index is 2.01. The van der Waals surface area contributed by atoms with Crippen molar-refractivity contribution in [3.05, 3.63) is 35.9 Å². The van der Waals surface area contributed by atoms with E-state index in [-0.39, 0.29) is 24.6 Å². The number of nitrogens with zero attached hydrogens (tertiary/aromatic N) is 1. The summed E-state index contributed by atoms with van der Waals surface area (Å²) in [5.74, 6) is -1.03. The number of ether oxygens (including phenoxy) is 1. The van der Waals surface area contributed by atoms with Crippen LogP contribution in [0.3, 0.4) is 0 Å². The highest BCUT2D eigenvalue weighted by molar-refractivity contribution is 5.77. The van der Waals surface area contributed by atoms with Gasteiger partial charge >= 0.3 is 12.0 Å². The van der Waals surface area contributed by atoms with Crippen molar-refractivity contribution in [2.45, 2.75) is 38.2 Å². The Morgan fingerprint density at radius 2 is 1.96 bits per heavy atom. The number of urea groups is 1. The lowest BCUT2D eigenvalue weighted by atomic mass is 9.76. The quantitative estimate of drug-likeness (QED) is 0.836. The SMILES string of the molecule is CCC(CC)(CNC(=O)N1CCOC(C(=O)O)C1)c1ccccc1. The summed E-state index contributed by atoms with van der Waals surface area (Å²) in [5.41, 5.74) is 1.09. The first kappa shape index (κ1) is 18.3. The van der Waals surface area contributed by atoms with Gasteiger partial charge in [0, 0.05) is 18.5 Å². The zero-order chi connectivity index (χ0) is 17.6. The van der Waals surface area contributed by atoms with E-state index in [2.05, 4.69) is 31.3 Å². The van der Waals surface area contributed by atoms with E-state index in [0.717, 1.165) is 12.8 Å². The molecule has 1 unspecified atom stereocenters. The first-order valence-electron chi connectivity index (χ1n) is 8.45. The number of carbonyl (C=O) groups is 2. The fourth-order valence-electron chi connectivity index (χ4n) is 3.14. The molecule has 24 heavy (non-hydrogen) atoms. The minimum atomic E-state index is -1.03. The Kier molecular flexibility index (Phi) is 6.20. The molecule has 0 aliphatic carbocycles.